The minimum atomic E-state index is -0.122. The van der Waals surface area contributed by atoms with Crippen LogP contribution in [0.5, 0.6) is 0 Å². The molecule has 4 N–H and O–H groups in total. The molecule has 0 aliphatic heterocycles. The molecule has 0 bridgehead atoms. The average Bonchev–Trinajstić information content (AvgIpc) is 2.36. The van der Waals surface area contributed by atoms with E-state index in [1.54, 1.807) is 32.3 Å². The molecule has 0 heterocycles. The first-order chi connectivity index (χ1) is 9.31. The van der Waals surface area contributed by atoms with E-state index in [-0.39, 0.29) is 24.4 Å². The number of nitrogens with one attached hydrogen (secondary N) is 2. The van der Waals surface area contributed by atoms with Gasteiger partial charge in [-0.2, -0.15) is 0 Å². The Morgan fingerprint density at radius 2 is 1.95 bits per heavy atom. The molecular weight excluding hydrogens is 256 g/mol. The molecular formula is C14H22N4O2. The standard InChI is InChI=1S/C14H22N4O2/c1-9(2)17-13(19)8-16-12-7-10(5-6-11(12)15)14(20)18(3)4/h5-7,9,16H,8,15H2,1-4H3,(H,17,19). The molecule has 110 valence electrons. The predicted molar refractivity (Wildman–Crippen MR) is 80.6 cm³/mol. The van der Waals surface area contributed by atoms with Crippen molar-refractivity contribution in [3.05, 3.63) is 23.8 Å². The van der Waals surface area contributed by atoms with E-state index in [4.69, 9.17) is 5.73 Å². The molecule has 0 radical (unpaired) electrons. The summed E-state index contributed by atoms with van der Waals surface area (Å²) < 4.78 is 0. The Morgan fingerprint density at radius 1 is 1.30 bits per heavy atom. The van der Waals surface area contributed by atoms with Gasteiger partial charge in [0.2, 0.25) is 5.91 Å². The van der Waals surface area contributed by atoms with Crippen LogP contribution in [-0.4, -0.2) is 43.4 Å². The van der Waals surface area contributed by atoms with Gasteiger partial charge in [0, 0.05) is 25.7 Å². The molecule has 1 rings (SSSR count). The Hall–Kier alpha value is -2.24. The maximum Gasteiger partial charge on any atom is 0.253 e. The number of nitrogens with two attached hydrogens (primary N) is 1. The van der Waals surface area contributed by atoms with Crippen molar-refractivity contribution in [1.82, 2.24) is 10.2 Å². The highest BCUT2D eigenvalue weighted by Gasteiger charge is 2.11. The van der Waals surface area contributed by atoms with Crippen molar-refractivity contribution in [3.8, 4) is 0 Å². The van der Waals surface area contributed by atoms with Crippen LogP contribution in [0.2, 0.25) is 0 Å². The molecule has 20 heavy (non-hydrogen) atoms. The van der Waals surface area contributed by atoms with Gasteiger partial charge in [-0.1, -0.05) is 0 Å². The highest BCUT2D eigenvalue weighted by Crippen LogP contribution is 2.20. The molecule has 0 fully saturated rings. The number of hydrogen-bond acceptors (Lipinski definition) is 4. The van der Waals surface area contributed by atoms with Crippen LogP contribution >= 0.6 is 0 Å². The third-order valence-corrected chi connectivity index (χ3v) is 2.60. The normalized spacial score (nSPS) is 10.2. The Kier molecular flexibility index (Phi) is 5.37. The third kappa shape index (κ3) is 4.46. The fourth-order valence-corrected chi connectivity index (χ4v) is 1.65. The van der Waals surface area contributed by atoms with Crippen LogP contribution in [0, 0.1) is 0 Å². The van der Waals surface area contributed by atoms with Gasteiger partial charge in [0.1, 0.15) is 0 Å². The lowest BCUT2D eigenvalue weighted by Gasteiger charge is -2.14. The summed E-state index contributed by atoms with van der Waals surface area (Å²) >= 11 is 0. The molecule has 0 saturated carbocycles. The van der Waals surface area contributed by atoms with Crippen LogP contribution in [-0.2, 0) is 4.79 Å². The van der Waals surface area contributed by atoms with Gasteiger partial charge in [0.05, 0.1) is 17.9 Å². The number of anilines is 2. The summed E-state index contributed by atoms with van der Waals surface area (Å²) in [6.45, 7) is 3.90. The molecule has 0 saturated heterocycles. The zero-order valence-electron chi connectivity index (χ0n) is 12.4. The first-order valence-corrected chi connectivity index (χ1v) is 6.45. The van der Waals surface area contributed by atoms with Gasteiger partial charge in [0.25, 0.3) is 5.91 Å². The number of hydrogen-bond donors (Lipinski definition) is 3. The van der Waals surface area contributed by atoms with E-state index in [9.17, 15) is 9.59 Å². The van der Waals surface area contributed by atoms with Gasteiger partial charge >= 0.3 is 0 Å². The lowest BCUT2D eigenvalue weighted by Crippen LogP contribution is -2.35. The van der Waals surface area contributed by atoms with Crippen molar-refractivity contribution in [3.63, 3.8) is 0 Å². The summed E-state index contributed by atoms with van der Waals surface area (Å²) in [6, 6.07) is 5.06. The fourth-order valence-electron chi connectivity index (χ4n) is 1.65. The Morgan fingerprint density at radius 3 is 2.50 bits per heavy atom. The van der Waals surface area contributed by atoms with E-state index in [0.717, 1.165) is 0 Å². The van der Waals surface area contributed by atoms with Crippen molar-refractivity contribution in [2.45, 2.75) is 19.9 Å². The second-order valence-corrected chi connectivity index (χ2v) is 5.08. The largest absolute Gasteiger partial charge is 0.397 e. The summed E-state index contributed by atoms with van der Waals surface area (Å²) in [5.74, 6) is -0.233. The number of benzene rings is 1. The highest BCUT2D eigenvalue weighted by molar-refractivity contribution is 5.96. The molecule has 1 aromatic carbocycles. The number of amides is 2. The van der Waals surface area contributed by atoms with Crippen molar-refractivity contribution in [2.24, 2.45) is 0 Å². The van der Waals surface area contributed by atoms with Crippen molar-refractivity contribution in [1.29, 1.82) is 0 Å². The minimum absolute atomic E-state index is 0.0864. The zero-order valence-corrected chi connectivity index (χ0v) is 12.4. The Bertz CT molecular complexity index is 498. The summed E-state index contributed by atoms with van der Waals surface area (Å²) in [5, 5.41) is 5.72. The first kappa shape index (κ1) is 15.8. The third-order valence-electron chi connectivity index (χ3n) is 2.60. The first-order valence-electron chi connectivity index (χ1n) is 6.45. The molecule has 0 spiro atoms. The summed E-state index contributed by atoms with van der Waals surface area (Å²) in [7, 11) is 3.36. The van der Waals surface area contributed by atoms with Crippen LogP contribution < -0.4 is 16.4 Å². The molecule has 6 heteroatoms. The fraction of sp³-hybridized carbons (Fsp3) is 0.429. The molecule has 0 atom stereocenters. The summed E-state index contributed by atoms with van der Waals surface area (Å²) in [6.07, 6.45) is 0. The van der Waals surface area contributed by atoms with Crippen molar-refractivity contribution < 1.29 is 9.59 Å². The van der Waals surface area contributed by atoms with Crippen LogP contribution in [0.3, 0.4) is 0 Å². The maximum absolute atomic E-state index is 11.9. The van der Waals surface area contributed by atoms with E-state index in [2.05, 4.69) is 10.6 Å². The van der Waals surface area contributed by atoms with Gasteiger partial charge in [-0.05, 0) is 32.0 Å². The second kappa shape index (κ2) is 6.79. The molecule has 0 aromatic heterocycles. The topological polar surface area (TPSA) is 87.5 Å². The number of nitrogens with zero attached hydrogens (tertiary/aromatic N) is 1. The molecule has 0 aliphatic carbocycles. The predicted octanol–water partition coefficient (Wildman–Crippen LogP) is 0.907. The van der Waals surface area contributed by atoms with Gasteiger partial charge in [-0.25, -0.2) is 0 Å². The van der Waals surface area contributed by atoms with Gasteiger partial charge in [-0.15, -0.1) is 0 Å². The van der Waals surface area contributed by atoms with Crippen molar-refractivity contribution >= 4 is 23.2 Å². The SMILES string of the molecule is CC(C)NC(=O)CNc1cc(C(=O)N(C)C)ccc1N. The van der Waals surface area contributed by atoms with Gasteiger partial charge < -0.3 is 21.3 Å². The number of rotatable bonds is 5. The number of carbonyl (C=O) groups excluding carboxylic acids is 2. The number of nitrogen functional groups attached to an aromatic ring is 1. The lowest BCUT2D eigenvalue weighted by molar-refractivity contribution is -0.119. The molecule has 6 nitrogen and oxygen atoms in total. The maximum atomic E-state index is 11.9. The summed E-state index contributed by atoms with van der Waals surface area (Å²) in [5.41, 5.74) is 7.44. The molecule has 0 aliphatic rings. The van der Waals surface area contributed by atoms with Crippen LogP contribution in [0.1, 0.15) is 24.2 Å². The number of carbonyl (C=O) groups is 2. The lowest BCUT2D eigenvalue weighted by atomic mass is 10.1. The monoisotopic (exact) mass is 278 g/mol. The minimum Gasteiger partial charge on any atom is -0.397 e. The van der Waals surface area contributed by atoms with E-state index >= 15 is 0 Å². The molecule has 2 amide bonds. The molecule has 1 aromatic rings. The van der Waals surface area contributed by atoms with Crippen LogP contribution in [0.15, 0.2) is 18.2 Å². The second-order valence-electron chi connectivity index (χ2n) is 5.08. The van der Waals surface area contributed by atoms with Gasteiger partial charge in [-0.3, -0.25) is 9.59 Å². The van der Waals surface area contributed by atoms with Gasteiger partial charge in [0.15, 0.2) is 0 Å². The summed E-state index contributed by atoms with van der Waals surface area (Å²) in [4.78, 5) is 24.9. The van der Waals surface area contributed by atoms with E-state index in [1.165, 1.54) is 4.90 Å². The van der Waals surface area contributed by atoms with E-state index < -0.39 is 0 Å². The van der Waals surface area contributed by atoms with Crippen LogP contribution in [0.4, 0.5) is 11.4 Å². The van der Waals surface area contributed by atoms with Crippen molar-refractivity contribution in [2.75, 3.05) is 31.7 Å². The Labute approximate surface area is 119 Å². The van der Waals surface area contributed by atoms with Crippen LogP contribution in [0.25, 0.3) is 0 Å². The quantitative estimate of drug-likeness (QED) is 0.699. The average molecular weight is 278 g/mol. The smallest absolute Gasteiger partial charge is 0.253 e. The zero-order chi connectivity index (χ0) is 15.3. The highest BCUT2D eigenvalue weighted by atomic mass is 16.2. The van der Waals surface area contributed by atoms with E-state index in [1.807, 2.05) is 13.8 Å². The Balaban J connectivity index is 2.77. The molecule has 0 unspecified atom stereocenters. The van der Waals surface area contributed by atoms with E-state index in [0.29, 0.717) is 16.9 Å².